The van der Waals surface area contributed by atoms with Gasteiger partial charge in [-0.3, -0.25) is 9.59 Å². The maximum Gasteiger partial charge on any atom is 0.262 e. The van der Waals surface area contributed by atoms with Gasteiger partial charge in [0.15, 0.2) is 0 Å². The van der Waals surface area contributed by atoms with E-state index in [4.69, 9.17) is 0 Å². The van der Waals surface area contributed by atoms with Crippen molar-refractivity contribution < 1.29 is 9.18 Å². The normalized spacial score (nSPS) is 20.7. The van der Waals surface area contributed by atoms with Gasteiger partial charge in [0.2, 0.25) is 5.67 Å². The number of nitrogens with one attached hydrogen (secondary N) is 2. The SMILES string of the molecule is Cc1[nH]c(=O)c(CNC(=O)C2(F)C=CC(c3ccccc3)=CC2)c2c1CCCC2. The number of aryl methyl sites for hydroxylation is 1. The molecular formula is C24H25FN2O2. The Morgan fingerprint density at radius 1 is 1.17 bits per heavy atom. The van der Waals surface area contributed by atoms with Crippen LogP contribution in [0.1, 0.15) is 47.2 Å². The standard InChI is InChI=1S/C24H25FN2O2/c1-16-19-9-5-6-10-20(19)21(22(28)27-16)15-26-23(29)24(25)13-11-18(12-14-24)17-7-3-2-4-8-17/h2-4,7-8,11-13H,5-6,9-10,14-15H2,1H3,(H,26,29)(H,27,28). The van der Waals surface area contributed by atoms with Crippen molar-refractivity contribution in [2.75, 3.05) is 0 Å². The van der Waals surface area contributed by atoms with Crippen LogP contribution in [0.4, 0.5) is 4.39 Å². The molecule has 1 amide bonds. The average Bonchev–Trinajstić information content (AvgIpc) is 2.74. The van der Waals surface area contributed by atoms with E-state index in [0.29, 0.717) is 5.56 Å². The monoisotopic (exact) mass is 392 g/mol. The molecule has 4 nitrogen and oxygen atoms in total. The molecule has 0 aliphatic heterocycles. The van der Waals surface area contributed by atoms with Crippen molar-refractivity contribution in [1.82, 2.24) is 10.3 Å². The molecule has 0 saturated heterocycles. The molecule has 1 aromatic heterocycles. The minimum absolute atomic E-state index is 0.0259. The summed E-state index contributed by atoms with van der Waals surface area (Å²) in [6, 6.07) is 9.68. The van der Waals surface area contributed by atoms with Gasteiger partial charge < -0.3 is 10.3 Å². The number of alkyl halides is 1. The zero-order chi connectivity index (χ0) is 20.4. The lowest BCUT2D eigenvalue weighted by Crippen LogP contribution is -2.43. The lowest BCUT2D eigenvalue weighted by molar-refractivity contribution is -0.130. The summed E-state index contributed by atoms with van der Waals surface area (Å²) in [5, 5.41) is 2.66. The number of carbonyl (C=O) groups is 1. The molecule has 0 radical (unpaired) electrons. The van der Waals surface area contributed by atoms with Crippen molar-refractivity contribution in [3.63, 3.8) is 0 Å². The number of halogens is 1. The summed E-state index contributed by atoms with van der Waals surface area (Å²) in [6.45, 7) is 1.96. The van der Waals surface area contributed by atoms with Crippen LogP contribution in [0.15, 0.2) is 53.4 Å². The number of pyridine rings is 1. The van der Waals surface area contributed by atoms with Gasteiger partial charge in [-0.25, -0.2) is 4.39 Å². The van der Waals surface area contributed by atoms with Crippen LogP contribution in [0.5, 0.6) is 0 Å². The van der Waals surface area contributed by atoms with Crippen molar-refractivity contribution in [2.24, 2.45) is 0 Å². The van der Waals surface area contributed by atoms with Crippen molar-refractivity contribution in [3.05, 3.63) is 86.9 Å². The highest BCUT2D eigenvalue weighted by Crippen LogP contribution is 2.30. The van der Waals surface area contributed by atoms with Crippen molar-refractivity contribution in [3.8, 4) is 0 Å². The Labute approximate surface area is 169 Å². The summed E-state index contributed by atoms with van der Waals surface area (Å²) in [4.78, 5) is 27.9. The number of aromatic nitrogens is 1. The zero-order valence-corrected chi connectivity index (χ0v) is 16.6. The average molecular weight is 392 g/mol. The third-order valence-corrected chi connectivity index (χ3v) is 5.92. The molecule has 0 fully saturated rings. The van der Waals surface area contributed by atoms with Gasteiger partial charge in [0.1, 0.15) is 0 Å². The topological polar surface area (TPSA) is 62.0 Å². The molecule has 0 saturated carbocycles. The summed E-state index contributed by atoms with van der Waals surface area (Å²) in [6.07, 6.45) is 8.58. The van der Waals surface area contributed by atoms with Crippen LogP contribution in [-0.4, -0.2) is 16.6 Å². The molecule has 150 valence electrons. The number of hydrogen-bond donors (Lipinski definition) is 2. The number of aromatic amines is 1. The van der Waals surface area contributed by atoms with Crippen LogP contribution in [0.3, 0.4) is 0 Å². The maximum atomic E-state index is 15.2. The Balaban J connectivity index is 1.48. The Kier molecular flexibility index (Phi) is 5.22. The van der Waals surface area contributed by atoms with Gasteiger partial charge in [-0.15, -0.1) is 0 Å². The van der Waals surface area contributed by atoms with E-state index in [9.17, 15) is 9.59 Å². The summed E-state index contributed by atoms with van der Waals surface area (Å²) in [5.41, 5.74) is 3.24. The fourth-order valence-corrected chi connectivity index (χ4v) is 4.24. The zero-order valence-electron chi connectivity index (χ0n) is 16.6. The molecule has 4 rings (SSSR count). The number of H-pyrrole nitrogens is 1. The van der Waals surface area contributed by atoms with Crippen LogP contribution in [0.25, 0.3) is 5.57 Å². The first kappa shape index (κ1) is 19.4. The van der Waals surface area contributed by atoms with E-state index < -0.39 is 11.6 Å². The quantitative estimate of drug-likeness (QED) is 0.828. The van der Waals surface area contributed by atoms with Crippen molar-refractivity contribution >= 4 is 11.5 Å². The van der Waals surface area contributed by atoms with Gasteiger partial charge in [-0.1, -0.05) is 42.5 Å². The highest BCUT2D eigenvalue weighted by Gasteiger charge is 2.36. The van der Waals surface area contributed by atoms with E-state index in [0.717, 1.165) is 48.1 Å². The molecule has 2 aliphatic rings. The molecule has 29 heavy (non-hydrogen) atoms. The number of hydrogen-bond acceptors (Lipinski definition) is 2. The first-order chi connectivity index (χ1) is 14.0. The first-order valence-electron chi connectivity index (χ1n) is 10.1. The Morgan fingerprint density at radius 2 is 1.90 bits per heavy atom. The number of rotatable bonds is 4. The second-order valence-electron chi connectivity index (χ2n) is 7.83. The third-order valence-electron chi connectivity index (χ3n) is 5.92. The number of amides is 1. The number of allylic oxidation sites excluding steroid dienone is 3. The molecular weight excluding hydrogens is 367 g/mol. The maximum absolute atomic E-state index is 15.2. The highest BCUT2D eigenvalue weighted by molar-refractivity contribution is 5.90. The van der Waals surface area contributed by atoms with Crippen LogP contribution in [0, 0.1) is 6.92 Å². The largest absolute Gasteiger partial charge is 0.349 e. The molecule has 1 unspecified atom stereocenters. The molecule has 2 N–H and O–H groups in total. The van der Waals surface area contributed by atoms with E-state index in [1.54, 1.807) is 12.2 Å². The predicted molar refractivity (Wildman–Crippen MR) is 112 cm³/mol. The molecule has 2 aliphatic carbocycles. The van der Waals surface area contributed by atoms with Gasteiger partial charge in [0.05, 0.1) is 0 Å². The minimum atomic E-state index is -2.10. The lowest BCUT2D eigenvalue weighted by Gasteiger charge is -2.24. The van der Waals surface area contributed by atoms with Gasteiger partial charge in [0.25, 0.3) is 11.5 Å². The fourth-order valence-electron chi connectivity index (χ4n) is 4.24. The summed E-state index contributed by atoms with van der Waals surface area (Å²) in [7, 11) is 0. The lowest BCUT2D eigenvalue weighted by atomic mass is 9.87. The molecule has 5 heteroatoms. The Morgan fingerprint density at radius 3 is 2.59 bits per heavy atom. The molecule has 1 heterocycles. The van der Waals surface area contributed by atoms with E-state index in [1.807, 2.05) is 37.3 Å². The highest BCUT2D eigenvalue weighted by atomic mass is 19.1. The predicted octanol–water partition coefficient (Wildman–Crippen LogP) is 3.93. The smallest absolute Gasteiger partial charge is 0.262 e. The van der Waals surface area contributed by atoms with Gasteiger partial charge >= 0.3 is 0 Å². The summed E-state index contributed by atoms with van der Waals surface area (Å²) < 4.78 is 15.2. The van der Waals surface area contributed by atoms with Crippen LogP contribution in [0.2, 0.25) is 0 Å². The van der Waals surface area contributed by atoms with Crippen molar-refractivity contribution in [1.29, 1.82) is 0 Å². The van der Waals surface area contributed by atoms with Gasteiger partial charge in [0, 0.05) is 24.2 Å². The second kappa shape index (κ2) is 7.82. The van der Waals surface area contributed by atoms with E-state index >= 15 is 4.39 Å². The van der Waals surface area contributed by atoms with E-state index in [-0.39, 0.29) is 18.5 Å². The van der Waals surface area contributed by atoms with E-state index in [1.165, 1.54) is 11.6 Å². The number of benzene rings is 1. The molecule has 2 aromatic rings. The Bertz CT molecular complexity index is 1050. The minimum Gasteiger partial charge on any atom is -0.349 e. The second-order valence-corrected chi connectivity index (χ2v) is 7.83. The van der Waals surface area contributed by atoms with E-state index in [2.05, 4.69) is 10.3 Å². The third kappa shape index (κ3) is 3.82. The molecule has 1 atom stereocenters. The Hall–Kier alpha value is -2.95. The molecule has 0 spiro atoms. The summed E-state index contributed by atoms with van der Waals surface area (Å²) >= 11 is 0. The van der Waals surface area contributed by atoms with Crippen LogP contribution < -0.4 is 10.9 Å². The number of fused-ring (bicyclic) bond motifs is 1. The van der Waals surface area contributed by atoms with Gasteiger partial charge in [-0.2, -0.15) is 0 Å². The molecule has 1 aromatic carbocycles. The fraction of sp³-hybridized carbons (Fsp3) is 0.333. The summed E-state index contributed by atoms with van der Waals surface area (Å²) in [5.74, 6) is -0.707. The van der Waals surface area contributed by atoms with Gasteiger partial charge in [-0.05, 0) is 60.9 Å². The van der Waals surface area contributed by atoms with Crippen LogP contribution >= 0.6 is 0 Å². The molecule has 0 bridgehead atoms. The number of carbonyl (C=O) groups excluding carboxylic acids is 1. The van der Waals surface area contributed by atoms with Crippen LogP contribution in [-0.2, 0) is 24.2 Å². The first-order valence-corrected chi connectivity index (χ1v) is 10.1. The van der Waals surface area contributed by atoms with Crippen molar-refractivity contribution in [2.45, 2.75) is 51.2 Å².